The zero-order valence-corrected chi connectivity index (χ0v) is 24.5. The molecule has 2 heterocycles. The summed E-state index contributed by atoms with van der Waals surface area (Å²) in [7, 11) is 0. The Balaban J connectivity index is 1.29. The summed E-state index contributed by atoms with van der Waals surface area (Å²) in [6.45, 7) is 0. The van der Waals surface area contributed by atoms with E-state index >= 15 is 0 Å². The van der Waals surface area contributed by atoms with Gasteiger partial charge in [-0.15, -0.1) is 0 Å². The number of rotatable bonds is 6. The van der Waals surface area contributed by atoms with Crippen molar-refractivity contribution in [2.24, 2.45) is 0 Å². The molecule has 0 aliphatic heterocycles. The fraction of sp³-hybridized carbons (Fsp3) is 0. The van der Waals surface area contributed by atoms with Crippen molar-refractivity contribution in [3.05, 3.63) is 170 Å². The number of hydrogen-bond acceptors (Lipinski definition) is 3. The molecular weight excluding hydrogens is 548 g/mol. The average molecular weight is 577 g/mol. The van der Waals surface area contributed by atoms with E-state index in [-0.39, 0.29) is 0 Å². The monoisotopic (exact) mass is 576 g/mol. The summed E-state index contributed by atoms with van der Waals surface area (Å²) >= 11 is 0. The summed E-state index contributed by atoms with van der Waals surface area (Å²) in [5, 5.41) is 1.09. The summed E-state index contributed by atoms with van der Waals surface area (Å²) in [5.74, 6) is 1.53. The molecule has 3 nitrogen and oxygen atoms in total. The number of benzene rings is 6. The number of nitrogens with zero attached hydrogens (tertiary/aromatic N) is 2. The first-order chi connectivity index (χ1) is 22.3. The van der Waals surface area contributed by atoms with Crippen molar-refractivity contribution in [3.8, 4) is 67.5 Å². The van der Waals surface area contributed by atoms with Gasteiger partial charge in [0.2, 0.25) is 0 Å². The van der Waals surface area contributed by atoms with Crippen LogP contribution in [0.1, 0.15) is 0 Å². The van der Waals surface area contributed by atoms with Crippen LogP contribution in [0.25, 0.3) is 78.4 Å². The number of para-hydroxylation sites is 1. The van der Waals surface area contributed by atoms with E-state index in [9.17, 15) is 0 Å². The maximum absolute atomic E-state index is 6.14. The minimum atomic E-state index is 0.686. The van der Waals surface area contributed by atoms with E-state index in [2.05, 4.69) is 140 Å². The topological polar surface area (TPSA) is 38.9 Å². The van der Waals surface area contributed by atoms with Crippen LogP contribution in [0.3, 0.4) is 0 Å². The first-order valence-corrected chi connectivity index (χ1v) is 15.1. The van der Waals surface area contributed by atoms with Crippen molar-refractivity contribution < 1.29 is 4.42 Å². The molecule has 0 amide bonds. The molecule has 0 saturated heterocycles. The summed E-state index contributed by atoms with van der Waals surface area (Å²) in [6, 6.07) is 58.4. The smallest absolute Gasteiger partial charge is 0.161 e. The van der Waals surface area contributed by atoms with Crippen LogP contribution in [0.5, 0.6) is 0 Å². The molecule has 0 saturated carbocycles. The number of furan rings is 1. The molecule has 8 rings (SSSR count). The van der Waals surface area contributed by atoms with Crippen molar-refractivity contribution in [2.75, 3.05) is 0 Å². The van der Waals surface area contributed by atoms with Crippen LogP contribution in [0.4, 0.5) is 0 Å². The molecule has 212 valence electrons. The molecule has 8 aromatic rings. The van der Waals surface area contributed by atoms with Crippen molar-refractivity contribution in [1.82, 2.24) is 9.97 Å². The van der Waals surface area contributed by atoms with Crippen LogP contribution >= 0.6 is 0 Å². The first-order valence-electron chi connectivity index (χ1n) is 15.1. The van der Waals surface area contributed by atoms with Gasteiger partial charge < -0.3 is 4.42 Å². The van der Waals surface area contributed by atoms with E-state index in [0.717, 1.165) is 72.6 Å². The molecule has 0 atom stereocenters. The molecule has 0 radical (unpaired) electrons. The van der Waals surface area contributed by atoms with Crippen LogP contribution < -0.4 is 0 Å². The van der Waals surface area contributed by atoms with Gasteiger partial charge in [-0.3, -0.25) is 0 Å². The Morgan fingerprint density at radius 3 is 1.53 bits per heavy atom. The molecule has 0 N–H and O–H groups in total. The van der Waals surface area contributed by atoms with E-state index < -0.39 is 0 Å². The summed E-state index contributed by atoms with van der Waals surface area (Å²) in [6.07, 6.45) is 0. The normalized spacial score (nSPS) is 11.1. The molecule has 0 fully saturated rings. The molecular formula is C42H28N2O. The van der Waals surface area contributed by atoms with Crippen LogP contribution in [0, 0.1) is 0 Å². The zero-order chi connectivity index (χ0) is 30.0. The van der Waals surface area contributed by atoms with Crippen LogP contribution in [-0.2, 0) is 0 Å². The molecule has 0 aliphatic rings. The van der Waals surface area contributed by atoms with Gasteiger partial charge >= 0.3 is 0 Å². The molecule has 0 spiro atoms. The lowest BCUT2D eigenvalue weighted by atomic mass is 9.95. The van der Waals surface area contributed by atoms with Gasteiger partial charge in [-0.05, 0) is 40.5 Å². The van der Waals surface area contributed by atoms with Gasteiger partial charge in [0.25, 0.3) is 0 Å². The Hall–Kier alpha value is -6.06. The first kappa shape index (κ1) is 26.6. The van der Waals surface area contributed by atoms with Gasteiger partial charge in [-0.25, -0.2) is 9.97 Å². The summed E-state index contributed by atoms with van der Waals surface area (Å²) < 4.78 is 6.14. The van der Waals surface area contributed by atoms with E-state index in [4.69, 9.17) is 14.4 Å². The van der Waals surface area contributed by atoms with E-state index in [1.807, 2.05) is 30.3 Å². The number of aromatic nitrogens is 2. The lowest BCUT2D eigenvalue weighted by Crippen LogP contribution is -1.98. The highest BCUT2D eigenvalue weighted by Gasteiger charge is 2.17. The standard InChI is InChI=1S/C42H28N2O/c1-3-13-29(14-4-1)34-18-8-10-20-36(34)39-28-38(31-23-25-32(26-24-31)41-27-33-17-7-12-22-40(33)45-41)43-42(44-39)37-21-11-9-19-35(37)30-15-5-2-6-16-30/h1-28H. The molecule has 3 heteroatoms. The van der Waals surface area contributed by atoms with Crippen molar-refractivity contribution in [3.63, 3.8) is 0 Å². The predicted octanol–water partition coefficient (Wildman–Crippen LogP) is 11.2. The maximum Gasteiger partial charge on any atom is 0.161 e. The summed E-state index contributed by atoms with van der Waals surface area (Å²) in [5.41, 5.74) is 11.2. The van der Waals surface area contributed by atoms with Crippen molar-refractivity contribution >= 4 is 11.0 Å². The van der Waals surface area contributed by atoms with Gasteiger partial charge in [0.1, 0.15) is 11.3 Å². The van der Waals surface area contributed by atoms with E-state index in [1.54, 1.807) is 0 Å². The lowest BCUT2D eigenvalue weighted by Gasteiger charge is -2.15. The largest absolute Gasteiger partial charge is 0.456 e. The molecule has 0 aliphatic carbocycles. The quantitative estimate of drug-likeness (QED) is 0.198. The van der Waals surface area contributed by atoms with Gasteiger partial charge in [-0.2, -0.15) is 0 Å². The molecule has 6 aromatic carbocycles. The highest BCUT2D eigenvalue weighted by atomic mass is 16.3. The molecule has 0 bridgehead atoms. The van der Waals surface area contributed by atoms with Crippen molar-refractivity contribution in [2.45, 2.75) is 0 Å². The third-order valence-electron chi connectivity index (χ3n) is 8.16. The second-order valence-electron chi connectivity index (χ2n) is 11.0. The van der Waals surface area contributed by atoms with Gasteiger partial charge in [0, 0.05) is 27.6 Å². The Bertz CT molecular complexity index is 2120. The highest BCUT2D eigenvalue weighted by Crippen LogP contribution is 2.37. The Morgan fingerprint density at radius 2 is 0.867 bits per heavy atom. The van der Waals surface area contributed by atoms with Crippen LogP contribution in [0.2, 0.25) is 0 Å². The second kappa shape index (κ2) is 11.6. The van der Waals surface area contributed by atoms with Crippen LogP contribution in [0.15, 0.2) is 174 Å². The lowest BCUT2D eigenvalue weighted by molar-refractivity contribution is 0.631. The maximum atomic E-state index is 6.14. The molecule has 45 heavy (non-hydrogen) atoms. The van der Waals surface area contributed by atoms with E-state index in [0.29, 0.717) is 5.82 Å². The SMILES string of the molecule is c1ccc(-c2ccccc2-c2cc(-c3ccc(-c4cc5ccccc5o4)cc3)nc(-c3ccccc3-c3ccccc3)n2)cc1. The Kier molecular flexibility index (Phi) is 6.82. The number of hydrogen-bond donors (Lipinski definition) is 0. The summed E-state index contributed by atoms with van der Waals surface area (Å²) in [4.78, 5) is 10.4. The fourth-order valence-electron chi connectivity index (χ4n) is 5.91. The van der Waals surface area contributed by atoms with Crippen LogP contribution in [-0.4, -0.2) is 9.97 Å². The van der Waals surface area contributed by atoms with Gasteiger partial charge in [-0.1, -0.05) is 152 Å². The Labute approximate surface area is 262 Å². The highest BCUT2D eigenvalue weighted by molar-refractivity contribution is 5.87. The minimum absolute atomic E-state index is 0.686. The minimum Gasteiger partial charge on any atom is -0.456 e. The average Bonchev–Trinajstić information content (AvgIpc) is 3.57. The molecule has 0 unspecified atom stereocenters. The third-order valence-corrected chi connectivity index (χ3v) is 8.16. The third kappa shape index (κ3) is 5.21. The second-order valence-corrected chi connectivity index (χ2v) is 11.0. The van der Waals surface area contributed by atoms with Gasteiger partial charge in [0.05, 0.1) is 11.4 Å². The fourth-order valence-corrected chi connectivity index (χ4v) is 5.91. The zero-order valence-electron chi connectivity index (χ0n) is 24.5. The molecule has 2 aromatic heterocycles. The van der Waals surface area contributed by atoms with Crippen molar-refractivity contribution in [1.29, 1.82) is 0 Å². The van der Waals surface area contributed by atoms with E-state index in [1.165, 1.54) is 0 Å². The number of fused-ring (bicyclic) bond motifs is 1. The predicted molar refractivity (Wildman–Crippen MR) is 184 cm³/mol. The van der Waals surface area contributed by atoms with Gasteiger partial charge in [0.15, 0.2) is 5.82 Å². The Morgan fingerprint density at radius 1 is 0.356 bits per heavy atom.